The van der Waals surface area contributed by atoms with Gasteiger partial charge < -0.3 is 14.6 Å². The smallest absolute Gasteiger partial charge is 0.139 e. The number of aromatic nitrogens is 1. The molecule has 1 unspecified atom stereocenters. The van der Waals surface area contributed by atoms with Crippen LogP contribution in [-0.2, 0) is 4.74 Å². The molecule has 0 amide bonds. The van der Waals surface area contributed by atoms with E-state index in [1.165, 1.54) is 0 Å². The molecular weight excluding hydrogens is 218 g/mol. The number of hydrogen-bond acceptors (Lipinski definition) is 4. The number of hydrogen-bond donors (Lipinski definition) is 1. The molecule has 0 saturated carbocycles. The summed E-state index contributed by atoms with van der Waals surface area (Å²) in [5, 5.41) is 8.63. The molecule has 4 nitrogen and oxygen atoms in total. The molecule has 0 bridgehead atoms. The Morgan fingerprint density at radius 3 is 3.24 bits per heavy atom. The van der Waals surface area contributed by atoms with Crippen molar-refractivity contribution in [2.24, 2.45) is 0 Å². The molecule has 0 radical (unpaired) electrons. The maximum atomic E-state index is 8.63. The van der Waals surface area contributed by atoms with Gasteiger partial charge in [-0.1, -0.05) is 11.8 Å². The zero-order valence-corrected chi connectivity index (χ0v) is 9.56. The van der Waals surface area contributed by atoms with E-state index >= 15 is 0 Å². The summed E-state index contributed by atoms with van der Waals surface area (Å²) in [4.78, 5) is 4.07. The van der Waals surface area contributed by atoms with Crippen molar-refractivity contribution in [2.75, 3.05) is 19.8 Å². The molecule has 1 saturated heterocycles. The average molecular weight is 233 g/mol. The maximum Gasteiger partial charge on any atom is 0.139 e. The topological polar surface area (TPSA) is 51.6 Å². The van der Waals surface area contributed by atoms with E-state index in [0.717, 1.165) is 24.3 Å². The molecule has 1 atom stereocenters. The number of aliphatic hydroxyl groups is 1. The van der Waals surface area contributed by atoms with Crippen LogP contribution < -0.4 is 4.74 Å². The van der Waals surface area contributed by atoms with Crippen LogP contribution in [0, 0.1) is 11.8 Å². The summed E-state index contributed by atoms with van der Waals surface area (Å²) in [5.74, 6) is 6.50. The lowest BCUT2D eigenvalue weighted by molar-refractivity contribution is 0.141. The Morgan fingerprint density at radius 1 is 1.53 bits per heavy atom. The number of pyridine rings is 1. The van der Waals surface area contributed by atoms with E-state index in [-0.39, 0.29) is 12.7 Å². The summed E-state index contributed by atoms with van der Waals surface area (Å²) >= 11 is 0. The first-order chi connectivity index (χ1) is 8.38. The van der Waals surface area contributed by atoms with Crippen molar-refractivity contribution in [3.05, 3.63) is 24.0 Å². The van der Waals surface area contributed by atoms with Gasteiger partial charge in [-0.2, -0.15) is 0 Å². The van der Waals surface area contributed by atoms with Gasteiger partial charge in [0.05, 0.1) is 26.0 Å². The molecule has 2 heterocycles. The summed E-state index contributed by atoms with van der Waals surface area (Å²) in [5.41, 5.74) is 0.801. The van der Waals surface area contributed by atoms with Crippen molar-refractivity contribution in [1.82, 2.24) is 4.98 Å². The van der Waals surface area contributed by atoms with Crippen LogP contribution in [0.1, 0.15) is 18.4 Å². The van der Waals surface area contributed by atoms with Gasteiger partial charge in [0.2, 0.25) is 0 Å². The van der Waals surface area contributed by atoms with Gasteiger partial charge in [-0.3, -0.25) is 4.98 Å². The minimum absolute atomic E-state index is 0.0794. The van der Waals surface area contributed by atoms with Crippen LogP contribution in [0.15, 0.2) is 18.5 Å². The average Bonchev–Trinajstić information content (AvgIpc) is 2.83. The van der Waals surface area contributed by atoms with Gasteiger partial charge in [0, 0.05) is 24.6 Å². The minimum atomic E-state index is 0.0794. The molecule has 90 valence electrons. The van der Waals surface area contributed by atoms with E-state index in [2.05, 4.69) is 16.8 Å². The lowest BCUT2D eigenvalue weighted by atomic mass is 10.2. The molecule has 1 N–H and O–H groups in total. The number of ether oxygens (including phenoxy) is 2. The molecule has 0 aliphatic carbocycles. The quantitative estimate of drug-likeness (QED) is 0.791. The first kappa shape index (κ1) is 11.9. The highest BCUT2D eigenvalue weighted by molar-refractivity contribution is 5.36. The highest BCUT2D eigenvalue weighted by atomic mass is 16.5. The summed E-state index contributed by atoms with van der Waals surface area (Å²) in [6, 6.07) is 1.86. The van der Waals surface area contributed by atoms with Gasteiger partial charge in [-0.05, 0) is 6.07 Å². The van der Waals surface area contributed by atoms with Gasteiger partial charge in [-0.25, -0.2) is 0 Å². The Morgan fingerprint density at radius 2 is 2.47 bits per heavy atom. The number of rotatable bonds is 3. The van der Waals surface area contributed by atoms with Crippen molar-refractivity contribution in [3.63, 3.8) is 0 Å². The van der Waals surface area contributed by atoms with E-state index in [1.54, 1.807) is 12.4 Å². The standard InChI is InChI=1S/C13H15NO3/c15-5-2-1-3-11-7-13(9-14-8-11)17-12-4-6-16-10-12/h7-9,12,15H,2,4-6,10H2. The number of nitrogens with zero attached hydrogens (tertiary/aromatic N) is 1. The second-order valence-corrected chi connectivity index (χ2v) is 3.79. The minimum Gasteiger partial charge on any atom is -0.486 e. The fourth-order valence-corrected chi connectivity index (χ4v) is 1.57. The molecule has 17 heavy (non-hydrogen) atoms. The predicted octanol–water partition coefficient (Wildman–Crippen LogP) is 0.983. The molecule has 2 rings (SSSR count). The molecule has 1 aromatic rings. The fraction of sp³-hybridized carbons (Fsp3) is 0.462. The molecule has 1 fully saturated rings. The van der Waals surface area contributed by atoms with Gasteiger partial charge in [-0.15, -0.1) is 0 Å². The zero-order chi connectivity index (χ0) is 11.9. The SMILES string of the molecule is OCCC#Cc1cncc(OC2CCOC2)c1. The van der Waals surface area contributed by atoms with Crippen molar-refractivity contribution in [2.45, 2.75) is 18.9 Å². The Labute approximate surface area is 101 Å². The van der Waals surface area contributed by atoms with Gasteiger partial charge in [0.1, 0.15) is 11.9 Å². The third-order valence-corrected chi connectivity index (χ3v) is 2.37. The summed E-state index contributed by atoms with van der Waals surface area (Å²) in [6.45, 7) is 1.48. The highest BCUT2D eigenvalue weighted by Gasteiger charge is 2.17. The van der Waals surface area contributed by atoms with Crippen molar-refractivity contribution in [1.29, 1.82) is 0 Å². The normalized spacial score (nSPS) is 18.5. The first-order valence-electron chi connectivity index (χ1n) is 5.67. The lowest BCUT2D eigenvalue weighted by Crippen LogP contribution is -2.15. The van der Waals surface area contributed by atoms with E-state index in [0.29, 0.717) is 13.0 Å². The number of aliphatic hydroxyl groups excluding tert-OH is 1. The van der Waals surface area contributed by atoms with E-state index < -0.39 is 0 Å². The lowest BCUT2D eigenvalue weighted by Gasteiger charge is -2.10. The third-order valence-electron chi connectivity index (χ3n) is 2.37. The Bertz CT molecular complexity index is 416. The Kier molecular flexibility index (Phi) is 4.37. The molecule has 4 heteroatoms. The highest BCUT2D eigenvalue weighted by Crippen LogP contribution is 2.16. The van der Waals surface area contributed by atoms with Crippen LogP contribution in [0.2, 0.25) is 0 Å². The molecular formula is C13H15NO3. The molecule has 0 aromatic carbocycles. The second-order valence-electron chi connectivity index (χ2n) is 3.79. The monoisotopic (exact) mass is 233 g/mol. The zero-order valence-electron chi connectivity index (χ0n) is 9.56. The van der Waals surface area contributed by atoms with E-state index in [9.17, 15) is 0 Å². The van der Waals surface area contributed by atoms with Crippen LogP contribution in [0.3, 0.4) is 0 Å². The van der Waals surface area contributed by atoms with Crippen LogP contribution >= 0.6 is 0 Å². The third kappa shape index (κ3) is 3.74. The second kappa shape index (κ2) is 6.24. The molecule has 0 spiro atoms. The fourth-order valence-electron chi connectivity index (χ4n) is 1.57. The van der Waals surface area contributed by atoms with E-state index in [1.807, 2.05) is 6.07 Å². The van der Waals surface area contributed by atoms with Crippen LogP contribution in [0.5, 0.6) is 5.75 Å². The largest absolute Gasteiger partial charge is 0.486 e. The van der Waals surface area contributed by atoms with Crippen LogP contribution in [0.4, 0.5) is 0 Å². The predicted molar refractivity (Wildman–Crippen MR) is 62.7 cm³/mol. The van der Waals surface area contributed by atoms with Crippen molar-refractivity contribution >= 4 is 0 Å². The molecule has 1 aromatic heterocycles. The first-order valence-corrected chi connectivity index (χ1v) is 5.67. The molecule has 1 aliphatic heterocycles. The van der Waals surface area contributed by atoms with Crippen molar-refractivity contribution < 1.29 is 14.6 Å². The molecule has 1 aliphatic rings. The van der Waals surface area contributed by atoms with Crippen LogP contribution in [0.25, 0.3) is 0 Å². The van der Waals surface area contributed by atoms with Gasteiger partial charge >= 0.3 is 0 Å². The Balaban J connectivity index is 1.98. The maximum absolute atomic E-state index is 8.63. The summed E-state index contributed by atoms with van der Waals surface area (Å²) in [6.07, 6.45) is 4.87. The summed E-state index contributed by atoms with van der Waals surface area (Å²) in [7, 11) is 0. The van der Waals surface area contributed by atoms with Gasteiger partial charge in [0.25, 0.3) is 0 Å². The Hall–Kier alpha value is -1.57. The van der Waals surface area contributed by atoms with Crippen molar-refractivity contribution in [3.8, 4) is 17.6 Å². The van der Waals surface area contributed by atoms with Crippen LogP contribution in [-0.4, -0.2) is 36.0 Å². The van der Waals surface area contributed by atoms with Gasteiger partial charge in [0.15, 0.2) is 0 Å². The summed E-state index contributed by atoms with van der Waals surface area (Å²) < 4.78 is 11.0. The van der Waals surface area contributed by atoms with E-state index in [4.69, 9.17) is 14.6 Å².